The molecule has 5 nitrogen and oxygen atoms in total. The van der Waals surface area contributed by atoms with Crippen molar-refractivity contribution in [3.8, 4) is 5.69 Å². The van der Waals surface area contributed by atoms with Gasteiger partial charge in [0.2, 0.25) is 0 Å². The van der Waals surface area contributed by atoms with Crippen molar-refractivity contribution in [2.45, 2.75) is 26.4 Å². The minimum absolute atomic E-state index is 0.273. The third kappa shape index (κ3) is 3.40. The van der Waals surface area contributed by atoms with Crippen molar-refractivity contribution < 1.29 is 8.91 Å². The molecule has 3 aromatic rings. The highest BCUT2D eigenvalue weighted by molar-refractivity contribution is 5.31. The number of halogens is 1. The molecule has 2 heterocycles. The molecule has 3 rings (SSSR count). The minimum atomic E-state index is -0.273. The van der Waals surface area contributed by atoms with E-state index in [1.54, 1.807) is 16.9 Å². The number of hydrogen-bond donors (Lipinski definition) is 1. The second-order valence-electron chi connectivity index (χ2n) is 5.01. The monoisotopic (exact) mass is 300 g/mol. The summed E-state index contributed by atoms with van der Waals surface area (Å²) in [7, 11) is 0. The van der Waals surface area contributed by atoms with Crippen molar-refractivity contribution in [1.29, 1.82) is 0 Å². The van der Waals surface area contributed by atoms with Crippen LogP contribution in [0.3, 0.4) is 0 Å². The van der Waals surface area contributed by atoms with Crippen molar-refractivity contribution in [3.63, 3.8) is 0 Å². The standard InChI is InChI=1S/C16H17FN4O/c1-2-14-7-16(22-20-14)10-18-8-12-9-19-21(11-12)15-5-3-4-13(17)6-15/h3-7,9,11,18H,2,8,10H2,1H3. The molecule has 0 unspecified atom stereocenters. The van der Waals surface area contributed by atoms with Crippen molar-refractivity contribution in [3.05, 3.63) is 65.6 Å². The fourth-order valence-electron chi connectivity index (χ4n) is 2.15. The molecule has 1 aromatic carbocycles. The second-order valence-corrected chi connectivity index (χ2v) is 5.01. The van der Waals surface area contributed by atoms with Gasteiger partial charge in [0.15, 0.2) is 5.76 Å². The predicted octanol–water partition coefficient (Wildman–Crippen LogP) is 2.85. The smallest absolute Gasteiger partial charge is 0.150 e. The molecular formula is C16H17FN4O. The molecule has 0 bridgehead atoms. The first-order valence-electron chi connectivity index (χ1n) is 7.19. The van der Waals surface area contributed by atoms with Gasteiger partial charge >= 0.3 is 0 Å². The second kappa shape index (κ2) is 6.53. The molecule has 0 aliphatic heterocycles. The first-order chi connectivity index (χ1) is 10.7. The van der Waals surface area contributed by atoms with E-state index < -0.39 is 0 Å². The fourth-order valence-corrected chi connectivity index (χ4v) is 2.15. The average molecular weight is 300 g/mol. The van der Waals surface area contributed by atoms with Crippen LogP contribution in [-0.2, 0) is 19.5 Å². The van der Waals surface area contributed by atoms with Crippen LogP contribution in [0.2, 0.25) is 0 Å². The highest BCUT2D eigenvalue weighted by atomic mass is 19.1. The molecule has 2 aromatic heterocycles. The van der Waals surface area contributed by atoms with Crippen LogP contribution in [-0.4, -0.2) is 14.9 Å². The third-order valence-corrected chi connectivity index (χ3v) is 3.31. The van der Waals surface area contributed by atoms with E-state index in [2.05, 4.69) is 15.6 Å². The van der Waals surface area contributed by atoms with E-state index in [9.17, 15) is 4.39 Å². The molecule has 0 aliphatic rings. The van der Waals surface area contributed by atoms with E-state index in [1.807, 2.05) is 25.3 Å². The number of benzene rings is 1. The SMILES string of the molecule is CCc1cc(CNCc2cnn(-c3cccc(F)c3)c2)on1. The van der Waals surface area contributed by atoms with Crippen LogP contribution in [0, 0.1) is 5.82 Å². The molecule has 0 saturated heterocycles. The highest BCUT2D eigenvalue weighted by Crippen LogP contribution is 2.10. The van der Waals surface area contributed by atoms with E-state index in [4.69, 9.17) is 4.52 Å². The summed E-state index contributed by atoms with van der Waals surface area (Å²) in [6.45, 7) is 3.30. The van der Waals surface area contributed by atoms with Crippen LogP contribution in [0.1, 0.15) is 23.9 Å². The molecule has 0 amide bonds. The van der Waals surface area contributed by atoms with Gasteiger partial charge in [0.25, 0.3) is 0 Å². The first kappa shape index (κ1) is 14.5. The molecule has 0 spiro atoms. The van der Waals surface area contributed by atoms with Gasteiger partial charge in [-0.3, -0.25) is 0 Å². The Hall–Kier alpha value is -2.47. The number of rotatable bonds is 6. The van der Waals surface area contributed by atoms with Crippen LogP contribution >= 0.6 is 0 Å². The molecule has 1 N–H and O–H groups in total. The molecular weight excluding hydrogens is 283 g/mol. The summed E-state index contributed by atoms with van der Waals surface area (Å²) in [5.74, 6) is 0.541. The Morgan fingerprint density at radius 3 is 2.95 bits per heavy atom. The first-order valence-corrected chi connectivity index (χ1v) is 7.19. The van der Waals surface area contributed by atoms with E-state index in [1.165, 1.54) is 12.1 Å². The lowest BCUT2D eigenvalue weighted by Crippen LogP contribution is -2.11. The minimum Gasteiger partial charge on any atom is -0.360 e. The lowest BCUT2D eigenvalue weighted by molar-refractivity contribution is 0.368. The van der Waals surface area contributed by atoms with Crippen LogP contribution in [0.15, 0.2) is 47.2 Å². The van der Waals surface area contributed by atoms with Crippen molar-refractivity contribution in [2.75, 3.05) is 0 Å². The van der Waals surface area contributed by atoms with Gasteiger partial charge in [-0.2, -0.15) is 5.10 Å². The number of nitrogens with one attached hydrogen (secondary N) is 1. The lowest BCUT2D eigenvalue weighted by atomic mass is 10.3. The van der Waals surface area contributed by atoms with Gasteiger partial charge in [0, 0.05) is 24.4 Å². The summed E-state index contributed by atoms with van der Waals surface area (Å²) in [5.41, 5.74) is 2.67. The summed E-state index contributed by atoms with van der Waals surface area (Å²) in [6.07, 6.45) is 4.50. The molecule has 0 atom stereocenters. The quantitative estimate of drug-likeness (QED) is 0.760. The van der Waals surface area contributed by atoms with E-state index in [0.717, 1.165) is 23.4 Å². The lowest BCUT2D eigenvalue weighted by Gasteiger charge is -2.01. The Bertz CT molecular complexity index is 750. The van der Waals surface area contributed by atoms with Gasteiger partial charge in [0.1, 0.15) is 5.82 Å². The third-order valence-electron chi connectivity index (χ3n) is 3.31. The summed E-state index contributed by atoms with van der Waals surface area (Å²) in [4.78, 5) is 0. The van der Waals surface area contributed by atoms with E-state index in [0.29, 0.717) is 18.8 Å². The number of nitrogens with zero attached hydrogens (tertiary/aromatic N) is 3. The Labute approximate surface area is 127 Å². The largest absolute Gasteiger partial charge is 0.360 e. The zero-order valence-corrected chi connectivity index (χ0v) is 12.3. The summed E-state index contributed by atoms with van der Waals surface area (Å²) < 4.78 is 20.1. The van der Waals surface area contributed by atoms with Crippen LogP contribution in [0.25, 0.3) is 5.69 Å². The molecule has 0 radical (unpaired) electrons. The summed E-state index contributed by atoms with van der Waals surface area (Å²) in [5, 5.41) is 11.5. The molecule has 6 heteroatoms. The highest BCUT2D eigenvalue weighted by Gasteiger charge is 2.04. The van der Waals surface area contributed by atoms with E-state index in [-0.39, 0.29) is 5.82 Å². The van der Waals surface area contributed by atoms with Gasteiger partial charge in [-0.1, -0.05) is 18.1 Å². The summed E-state index contributed by atoms with van der Waals surface area (Å²) in [6, 6.07) is 8.29. The van der Waals surface area contributed by atoms with E-state index >= 15 is 0 Å². The maximum atomic E-state index is 13.2. The Morgan fingerprint density at radius 1 is 1.27 bits per heavy atom. The van der Waals surface area contributed by atoms with Crippen LogP contribution in [0.4, 0.5) is 4.39 Å². The molecule has 0 fully saturated rings. The molecule has 0 saturated carbocycles. The van der Waals surface area contributed by atoms with Gasteiger partial charge in [0.05, 0.1) is 24.1 Å². The normalized spacial score (nSPS) is 11.0. The van der Waals surface area contributed by atoms with Gasteiger partial charge < -0.3 is 9.84 Å². The van der Waals surface area contributed by atoms with Gasteiger partial charge in [-0.25, -0.2) is 9.07 Å². The predicted molar refractivity (Wildman–Crippen MR) is 79.9 cm³/mol. The van der Waals surface area contributed by atoms with Gasteiger partial charge in [-0.15, -0.1) is 0 Å². The Morgan fingerprint density at radius 2 is 2.18 bits per heavy atom. The number of hydrogen-bond acceptors (Lipinski definition) is 4. The average Bonchev–Trinajstić information content (AvgIpc) is 3.16. The maximum absolute atomic E-state index is 13.2. The van der Waals surface area contributed by atoms with Crippen molar-refractivity contribution in [1.82, 2.24) is 20.3 Å². The molecule has 22 heavy (non-hydrogen) atoms. The van der Waals surface area contributed by atoms with Gasteiger partial charge in [-0.05, 0) is 24.6 Å². The number of aromatic nitrogens is 3. The maximum Gasteiger partial charge on any atom is 0.150 e. The van der Waals surface area contributed by atoms with Crippen molar-refractivity contribution in [2.24, 2.45) is 0 Å². The fraction of sp³-hybridized carbons (Fsp3) is 0.250. The van der Waals surface area contributed by atoms with Crippen LogP contribution in [0.5, 0.6) is 0 Å². The molecule has 114 valence electrons. The van der Waals surface area contributed by atoms with Crippen molar-refractivity contribution >= 4 is 0 Å². The zero-order chi connectivity index (χ0) is 15.4. The molecule has 0 aliphatic carbocycles. The topological polar surface area (TPSA) is 55.9 Å². The van der Waals surface area contributed by atoms with Crippen LogP contribution < -0.4 is 5.32 Å². The zero-order valence-electron chi connectivity index (χ0n) is 12.3. The number of aryl methyl sites for hydroxylation is 1. The Balaban J connectivity index is 1.57. The summed E-state index contributed by atoms with van der Waals surface area (Å²) >= 11 is 0. The Kier molecular flexibility index (Phi) is 4.29.